The summed E-state index contributed by atoms with van der Waals surface area (Å²) >= 11 is 1.91. The monoisotopic (exact) mass is 478 g/mol. The Balaban J connectivity index is 1.88. The van der Waals surface area contributed by atoms with E-state index in [0.29, 0.717) is 16.4 Å². The fraction of sp³-hybridized carbons (Fsp3) is 0.235. The molecule has 1 saturated carbocycles. The molecular formula is C17H14F3IN2O3. The molecule has 1 fully saturated rings. The highest BCUT2D eigenvalue weighted by atomic mass is 127. The van der Waals surface area contributed by atoms with E-state index in [4.69, 9.17) is 4.84 Å². The van der Waals surface area contributed by atoms with Gasteiger partial charge in [-0.15, -0.1) is 0 Å². The van der Waals surface area contributed by atoms with Crippen molar-refractivity contribution in [1.82, 2.24) is 5.48 Å². The molecule has 138 valence electrons. The van der Waals surface area contributed by atoms with Crippen LogP contribution in [0.1, 0.15) is 23.2 Å². The number of carbonyl (C=O) groups excluding carboxylic acids is 1. The van der Waals surface area contributed by atoms with Gasteiger partial charge in [-0.2, -0.15) is 0 Å². The number of anilines is 2. The normalized spacial score (nSPS) is 14.8. The van der Waals surface area contributed by atoms with E-state index < -0.39 is 34.6 Å². The van der Waals surface area contributed by atoms with Gasteiger partial charge in [-0.05, 0) is 65.8 Å². The molecule has 9 heteroatoms. The van der Waals surface area contributed by atoms with Crippen LogP contribution in [0, 0.1) is 21.0 Å². The molecule has 0 radical (unpaired) electrons. The summed E-state index contributed by atoms with van der Waals surface area (Å²) in [6.07, 6.45) is 1.14. The number of hydrogen-bond acceptors (Lipinski definition) is 4. The summed E-state index contributed by atoms with van der Waals surface area (Å²) in [5.41, 5.74) is 0.403. The highest BCUT2D eigenvalue weighted by Gasteiger charge is 2.45. The molecule has 3 rings (SSSR count). The lowest BCUT2D eigenvalue weighted by Gasteiger charge is -2.16. The van der Waals surface area contributed by atoms with Crippen molar-refractivity contribution in [2.45, 2.75) is 18.4 Å². The van der Waals surface area contributed by atoms with Crippen molar-refractivity contribution < 1.29 is 27.9 Å². The van der Waals surface area contributed by atoms with Crippen LogP contribution in [0.3, 0.4) is 0 Å². The van der Waals surface area contributed by atoms with Gasteiger partial charge in [-0.1, -0.05) is 0 Å². The van der Waals surface area contributed by atoms with Gasteiger partial charge in [0.25, 0.3) is 5.91 Å². The molecule has 1 aliphatic carbocycles. The number of aliphatic hydroxyl groups is 1. The largest absolute Gasteiger partial charge is 0.393 e. The summed E-state index contributed by atoms with van der Waals surface area (Å²) in [6.45, 7) is -0.274. The predicted molar refractivity (Wildman–Crippen MR) is 96.4 cm³/mol. The zero-order chi connectivity index (χ0) is 18.9. The van der Waals surface area contributed by atoms with Crippen LogP contribution in [-0.2, 0) is 4.84 Å². The third-order valence-corrected chi connectivity index (χ3v) is 4.66. The molecule has 0 spiro atoms. The Morgan fingerprint density at radius 3 is 2.54 bits per heavy atom. The molecule has 0 heterocycles. The van der Waals surface area contributed by atoms with Crippen LogP contribution in [0.2, 0.25) is 0 Å². The molecule has 1 amide bonds. The van der Waals surface area contributed by atoms with Crippen LogP contribution in [0.4, 0.5) is 24.5 Å². The lowest BCUT2D eigenvalue weighted by atomic mass is 10.1. The number of halogens is 4. The van der Waals surface area contributed by atoms with Crippen molar-refractivity contribution >= 4 is 39.9 Å². The van der Waals surface area contributed by atoms with E-state index in [0.717, 1.165) is 12.1 Å². The highest BCUT2D eigenvalue weighted by Crippen LogP contribution is 2.38. The Morgan fingerprint density at radius 2 is 1.92 bits per heavy atom. The fourth-order valence-electron chi connectivity index (χ4n) is 2.23. The van der Waals surface area contributed by atoms with E-state index in [2.05, 4.69) is 10.8 Å². The van der Waals surface area contributed by atoms with Crippen molar-refractivity contribution in [1.29, 1.82) is 0 Å². The van der Waals surface area contributed by atoms with Gasteiger partial charge in [0.2, 0.25) is 0 Å². The van der Waals surface area contributed by atoms with E-state index in [1.807, 2.05) is 22.6 Å². The van der Waals surface area contributed by atoms with Gasteiger partial charge >= 0.3 is 0 Å². The third kappa shape index (κ3) is 3.94. The average molecular weight is 478 g/mol. The summed E-state index contributed by atoms with van der Waals surface area (Å²) in [4.78, 5) is 17.5. The van der Waals surface area contributed by atoms with E-state index in [-0.39, 0.29) is 17.9 Å². The number of benzene rings is 2. The third-order valence-electron chi connectivity index (χ3n) is 3.99. The van der Waals surface area contributed by atoms with E-state index in [9.17, 15) is 23.1 Å². The highest BCUT2D eigenvalue weighted by molar-refractivity contribution is 14.1. The molecule has 26 heavy (non-hydrogen) atoms. The van der Waals surface area contributed by atoms with Crippen molar-refractivity contribution in [2.24, 2.45) is 0 Å². The number of nitrogens with one attached hydrogen (secondary N) is 2. The molecule has 2 aromatic rings. The summed E-state index contributed by atoms with van der Waals surface area (Å²) < 4.78 is 42.5. The SMILES string of the molecule is O=C(NOC1(CO)CC1)c1ccc(F)c(F)c1Nc1ccc(I)cc1F. The van der Waals surface area contributed by atoms with E-state index in [1.165, 1.54) is 12.1 Å². The van der Waals surface area contributed by atoms with E-state index in [1.54, 1.807) is 6.07 Å². The summed E-state index contributed by atoms with van der Waals surface area (Å²) in [5, 5.41) is 11.6. The quantitative estimate of drug-likeness (QED) is 0.438. The standard InChI is InChI=1S/C17H14F3IN2O3/c18-11-3-2-10(16(25)23-26-17(8-24)5-6-17)15(14(11)20)22-13-4-1-9(21)7-12(13)19/h1-4,7,22,24H,5-6,8H2,(H,23,25). The second-order valence-electron chi connectivity index (χ2n) is 5.91. The van der Waals surface area contributed by atoms with Crippen LogP contribution in [0.15, 0.2) is 30.3 Å². The summed E-state index contributed by atoms with van der Waals surface area (Å²) in [6, 6.07) is 5.98. The molecule has 0 bridgehead atoms. The van der Waals surface area contributed by atoms with Crippen LogP contribution in [0.5, 0.6) is 0 Å². The molecule has 0 aromatic heterocycles. The van der Waals surface area contributed by atoms with Crippen LogP contribution < -0.4 is 10.8 Å². The molecule has 0 unspecified atom stereocenters. The maximum Gasteiger partial charge on any atom is 0.277 e. The van der Waals surface area contributed by atoms with Gasteiger partial charge in [0.05, 0.1) is 23.5 Å². The maximum absolute atomic E-state index is 14.2. The maximum atomic E-state index is 14.2. The zero-order valence-corrected chi connectivity index (χ0v) is 15.4. The Labute approximate surface area is 160 Å². The second-order valence-corrected chi connectivity index (χ2v) is 7.15. The molecule has 0 aliphatic heterocycles. The lowest BCUT2D eigenvalue weighted by molar-refractivity contribution is -0.0566. The molecule has 1 aliphatic rings. The first kappa shape index (κ1) is 18.9. The lowest BCUT2D eigenvalue weighted by Crippen LogP contribution is -2.33. The minimum Gasteiger partial charge on any atom is -0.393 e. The zero-order valence-electron chi connectivity index (χ0n) is 13.3. The van der Waals surface area contributed by atoms with Crippen molar-refractivity contribution in [3.63, 3.8) is 0 Å². The molecule has 5 nitrogen and oxygen atoms in total. The van der Waals surface area contributed by atoms with Gasteiger partial charge < -0.3 is 10.4 Å². The number of carbonyl (C=O) groups is 1. The van der Waals surface area contributed by atoms with Gasteiger partial charge in [-0.25, -0.2) is 18.7 Å². The van der Waals surface area contributed by atoms with Gasteiger partial charge in [-0.3, -0.25) is 9.63 Å². The summed E-state index contributed by atoms with van der Waals surface area (Å²) in [5.74, 6) is -4.04. The molecule has 0 saturated heterocycles. The smallest absolute Gasteiger partial charge is 0.277 e. The minimum absolute atomic E-state index is 0.112. The topological polar surface area (TPSA) is 70.6 Å². The van der Waals surface area contributed by atoms with Gasteiger partial charge in [0.15, 0.2) is 11.6 Å². The van der Waals surface area contributed by atoms with Crippen molar-refractivity contribution in [3.05, 3.63) is 56.9 Å². The Bertz CT molecular complexity index is 859. The molecule has 2 aromatic carbocycles. The molecular weight excluding hydrogens is 464 g/mol. The number of hydrogen-bond donors (Lipinski definition) is 3. The van der Waals surface area contributed by atoms with Gasteiger partial charge in [0, 0.05) is 3.57 Å². The number of aliphatic hydroxyl groups excluding tert-OH is 1. The fourth-order valence-corrected chi connectivity index (χ4v) is 2.68. The summed E-state index contributed by atoms with van der Waals surface area (Å²) in [7, 11) is 0. The van der Waals surface area contributed by atoms with Crippen molar-refractivity contribution in [3.8, 4) is 0 Å². The Morgan fingerprint density at radius 1 is 1.19 bits per heavy atom. The first-order valence-electron chi connectivity index (χ1n) is 7.64. The van der Waals surface area contributed by atoms with Crippen molar-refractivity contribution in [2.75, 3.05) is 11.9 Å². The predicted octanol–water partition coefficient (Wildman–Crippen LogP) is 3.64. The average Bonchev–Trinajstić information content (AvgIpc) is 3.39. The second kappa shape index (κ2) is 7.41. The van der Waals surface area contributed by atoms with Gasteiger partial charge in [0.1, 0.15) is 11.4 Å². The molecule has 0 atom stereocenters. The minimum atomic E-state index is -1.32. The number of amides is 1. The van der Waals surface area contributed by atoms with Crippen LogP contribution in [-0.4, -0.2) is 23.2 Å². The first-order chi connectivity index (χ1) is 12.3. The van der Waals surface area contributed by atoms with Crippen LogP contribution >= 0.6 is 22.6 Å². The number of hydroxylamine groups is 1. The van der Waals surface area contributed by atoms with E-state index >= 15 is 0 Å². The molecule has 3 N–H and O–H groups in total. The first-order valence-corrected chi connectivity index (χ1v) is 8.72. The van der Waals surface area contributed by atoms with Crippen LogP contribution in [0.25, 0.3) is 0 Å². The number of rotatable bonds is 6. The Kier molecular flexibility index (Phi) is 5.39. The Hall–Kier alpha value is -1.85.